The summed E-state index contributed by atoms with van der Waals surface area (Å²) in [6, 6.07) is 7.13. The fourth-order valence-electron chi connectivity index (χ4n) is 4.04. The van der Waals surface area contributed by atoms with Crippen LogP contribution in [0.4, 0.5) is 5.69 Å². The Balaban J connectivity index is 1.99. The molecule has 2 aliphatic rings. The first kappa shape index (κ1) is 16.2. The third kappa shape index (κ3) is 2.40. The molecule has 0 unspecified atom stereocenters. The standard InChI is InChI=1S/C19H25NO3/c1-4-18(2,3)12-9-10-16(21)14(11-12)19(23)13-7-5-6-8-15(13)20-17(19)22/h5-8,12,14,23H,4,9-11H2,1-3H3,(H,20,22)/t12-,14+,19-/m0/s1. The summed E-state index contributed by atoms with van der Waals surface area (Å²) in [6.07, 6.45) is 2.86. The van der Waals surface area contributed by atoms with E-state index in [2.05, 4.69) is 26.1 Å². The van der Waals surface area contributed by atoms with Gasteiger partial charge >= 0.3 is 0 Å². The normalized spacial score (nSPS) is 31.0. The smallest absolute Gasteiger partial charge is 0.261 e. The highest BCUT2D eigenvalue weighted by molar-refractivity contribution is 6.08. The number of benzene rings is 1. The van der Waals surface area contributed by atoms with Gasteiger partial charge in [0, 0.05) is 17.7 Å². The van der Waals surface area contributed by atoms with Crippen molar-refractivity contribution in [3.63, 3.8) is 0 Å². The Hall–Kier alpha value is -1.68. The van der Waals surface area contributed by atoms with Crippen molar-refractivity contribution in [1.82, 2.24) is 0 Å². The number of amides is 1. The van der Waals surface area contributed by atoms with E-state index in [1.165, 1.54) is 0 Å². The molecule has 3 rings (SSSR count). The first-order chi connectivity index (χ1) is 10.8. The zero-order valence-electron chi connectivity index (χ0n) is 14.1. The summed E-state index contributed by atoms with van der Waals surface area (Å²) < 4.78 is 0. The minimum Gasteiger partial charge on any atom is -0.375 e. The lowest BCUT2D eigenvalue weighted by Gasteiger charge is -2.42. The van der Waals surface area contributed by atoms with Crippen LogP contribution >= 0.6 is 0 Å². The van der Waals surface area contributed by atoms with E-state index < -0.39 is 17.4 Å². The first-order valence-electron chi connectivity index (χ1n) is 8.46. The molecule has 124 valence electrons. The van der Waals surface area contributed by atoms with Crippen LogP contribution in [0.2, 0.25) is 0 Å². The highest BCUT2D eigenvalue weighted by Crippen LogP contribution is 2.49. The third-order valence-electron chi connectivity index (χ3n) is 6.10. The van der Waals surface area contributed by atoms with E-state index in [0.717, 1.165) is 12.8 Å². The van der Waals surface area contributed by atoms with Crippen LogP contribution in [0.25, 0.3) is 0 Å². The molecule has 2 N–H and O–H groups in total. The molecular formula is C19H25NO3. The number of aliphatic hydroxyl groups is 1. The molecule has 23 heavy (non-hydrogen) atoms. The SMILES string of the molecule is CCC(C)(C)[C@H]1CCC(=O)[C@H]([C@]2(O)C(=O)Nc3ccccc32)C1. The minimum atomic E-state index is -1.73. The van der Waals surface area contributed by atoms with Crippen LogP contribution in [-0.4, -0.2) is 16.8 Å². The van der Waals surface area contributed by atoms with E-state index in [1.54, 1.807) is 18.2 Å². The van der Waals surface area contributed by atoms with Gasteiger partial charge in [0.1, 0.15) is 5.78 Å². The van der Waals surface area contributed by atoms with Gasteiger partial charge in [0.15, 0.2) is 5.60 Å². The molecule has 0 radical (unpaired) electrons. The first-order valence-corrected chi connectivity index (χ1v) is 8.46. The van der Waals surface area contributed by atoms with E-state index in [1.807, 2.05) is 6.07 Å². The number of nitrogens with one attached hydrogen (secondary N) is 1. The lowest BCUT2D eigenvalue weighted by Crippen LogP contribution is -2.49. The quantitative estimate of drug-likeness (QED) is 0.900. The van der Waals surface area contributed by atoms with Crippen LogP contribution in [0, 0.1) is 17.3 Å². The van der Waals surface area contributed by atoms with E-state index in [9.17, 15) is 14.7 Å². The number of hydrogen-bond acceptors (Lipinski definition) is 3. The number of carbonyl (C=O) groups is 2. The zero-order chi connectivity index (χ0) is 16.8. The third-order valence-corrected chi connectivity index (χ3v) is 6.10. The Morgan fingerprint density at radius 3 is 2.70 bits per heavy atom. The number of carbonyl (C=O) groups excluding carboxylic acids is 2. The zero-order valence-corrected chi connectivity index (χ0v) is 14.1. The highest BCUT2D eigenvalue weighted by atomic mass is 16.3. The molecule has 1 aromatic carbocycles. The summed E-state index contributed by atoms with van der Waals surface area (Å²) in [7, 11) is 0. The minimum absolute atomic E-state index is 0.00232. The Labute approximate surface area is 137 Å². The molecule has 1 aliphatic heterocycles. The molecule has 0 bridgehead atoms. The second-order valence-electron chi connectivity index (χ2n) is 7.60. The van der Waals surface area contributed by atoms with E-state index in [4.69, 9.17) is 0 Å². The molecule has 3 atom stereocenters. The largest absolute Gasteiger partial charge is 0.375 e. The predicted molar refractivity (Wildman–Crippen MR) is 88.9 cm³/mol. The van der Waals surface area contributed by atoms with Crippen molar-refractivity contribution >= 4 is 17.4 Å². The second kappa shape index (κ2) is 5.45. The fraction of sp³-hybridized carbons (Fsp3) is 0.579. The van der Waals surface area contributed by atoms with Crippen LogP contribution in [0.1, 0.15) is 52.0 Å². The lowest BCUT2D eigenvalue weighted by atomic mass is 9.62. The Morgan fingerprint density at radius 2 is 2.00 bits per heavy atom. The molecule has 1 aliphatic carbocycles. The van der Waals surface area contributed by atoms with Gasteiger partial charge in [0.25, 0.3) is 5.91 Å². The van der Waals surface area contributed by atoms with Crippen LogP contribution in [0.5, 0.6) is 0 Å². The van der Waals surface area contributed by atoms with Gasteiger partial charge in [-0.1, -0.05) is 45.4 Å². The summed E-state index contributed by atoms with van der Waals surface area (Å²) in [5, 5.41) is 14.0. The molecule has 4 heteroatoms. The van der Waals surface area contributed by atoms with Crippen molar-refractivity contribution < 1.29 is 14.7 Å². The fourth-order valence-corrected chi connectivity index (χ4v) is 4.04. The van der Waals surface area contributed by atoms with Crippen molar-refractivity contribution in [2.45, 2.75) is 52.1 Å². The number of fused-ring (bicyclic) bond motifs is 1. The number of ketones is 1. The van der Waals surface area contributed by atoms with Crippen LogP contribution in [-0.2, 0) is 15.2 Å². The van der Waals surface area contributed by atoms with E-state index in [0.29, 0.717) is 30.0 Å². The molecule has 4 nitrogen and oxygen atoms in total. The Morgan fingerprint density at radius 1 is 1.30 bits per heavy atom. The molecule has 1 heterocycles. The molecule has 1 fully saturated rings. The maximum Gasteiger partial charge on any atom is 0.261 e. The van der Waals surface area contributed by atoms with Gasteiger partial charge in [-0.3, -0.25) is 9.59 Å². The highest BCUT2D eigenvalue weighted by Gasteiger charge is 2.55. The van der Waals surface area contributed by atoms with E-state index in [-0.39, 0.29) is 11.2 Å². The van der Waals surface area contributed by atoms with Gasteiger partial charge in [0.05, 0.1) is 5.92 Å². The summed E-state index contributed by atoms with van der Waals surface area (Å²) in [5.41, 5.74) is -0.469. The lowest BCUT2D eigenvalue weighted by molar-refractivity contribution is -0.153. The number of Topliss-reactive ketones (excluding diaryl/α,β-unsaturated/α-hetero) is 1. The number of rotatable bonds is 3. The van der Waals surface area contributed by atoms with Gasteiger partial charge in [-0.2, -0.15) is 0 Å². The number of anilines is 1. The average molecular weight is 315 g/mol. The molecule has 1 aromatic rings. The van der Waals surface area contributed by atoms with Crippen LogP contribution in [0.3, 0.4) is 0 Å². The number of hydrogen-bond donors (Lipinski definition) is 2. The van der Waals surface area contributed by atoms with E-state index >= 15 is 0 Å². The maximum absolute atomic E-state index is 12.6. The molecule has 0 spiro atoms. The average Bonchev–Trinajstić information content (AvgIpc) is 2.80. The van der Waals surface area contributed by atoms with Crippen molar-refractivity contribution in [2.75, 3.05) is 5.32 Å². The number of para-hydroxylation sites is 1. The topological polar surface area (TPSA) is 66.4 Å². The summed E-state index contributed by atoms with van der Waals surface area (Å²) >= 11 is 0. The summed E-state index contributed by atoms with van der Waals surface area (Å²) in [5.74, 6) is -0.787. The molecule has 1 amide bonds. The van der Waals surface area contributed by atoms with Gasteiger partial charge in [-0.15, -0.1) is 0 Å². The van der Waals surface area contributed by atoms with Gasteiger partial charge < -0.3 is 10.4 Å². The molecule has 1 saturated carbocycles. The van der Waals surface area contributed by atoms with Crippen molar-refractivity contribution in [3.8, 4) is 0 Å². The van der Waals surface area contributed by atoms with Gasteiger partial charge in [-0.05, 0) is 30.2 Å². The monoisotopic (exact) mass is 315 g/mol. The van der Waals surface area contributed by atoms with Crippen LogP contribution in [0.15, 0.2) is 24.3 Å². The second-order valence-corrected chi connectivity index (χ2v) is 7.60. The van der Waals surface area contributed by atoms with Crippen molar-refractivity contribution in [1.29, 1.82) is 0 Å². The van der Waals surface area contributed by atoms with Crippen molar-refractivity contribution in [2.24, 2.45) is 17.3 Å². The molecule has 0 saturated heterocycles. The predicted octanol–water partition coefficient (Wildman–Crippen LogP) is 3.25. The molecule has 0 aromatic heterocycles. The van der Waals surface area contributed by atoms with Crippen molar-refractivity contribution in [3.05, 3.63) is 29.8 Å². The Bertz CT molecular complexity index is 652. The van der Waals surface area contributed by atoms with Gasteiger partial charge in [-0.25, -0.2) is 0 Å². The van der Waals surface area contributed by atoms with Crippen LogP contribution < -0.4 is 5.32 Å². The summed E-state index contributed by atoms with van der Waals surface area (Å²) in [4.78, 5) is 25.1. The Kier molecular flexibility index (Phi) is 3.83. The molecular weight excluding hydrogens is 290 g/mol. The maximum atomic E-state index is 12.6. The van der Waals surface area contributed by atoms with Gasteiger partial charge in [0.2, 0.25) is 0 Å². The summed E-state index contributed by atoms with van der Waals surface area (Å²) in [6.45, 7) is 6.56.